The Morgan fingerprint density at radius 3 is 1.71 bits per heavy atom. The molecule has 0 aliphatic heterocycles. The summed E-state index contributed by atoms with van der Waals surface area (Å²) < 4.78 is 27.4. The summed E-state index contributed by atoms with van der Waals surface area (Å²) in [5.74, 6) is 0. The first kappa shape index (κ1) is 17.3. The third-order valence-corrected chi connectivity index (χ3v) is 4.93. The standard InChI is InChI=1S/C8H21NO6P2/c1-3-5-7-9(8-6-4-2)16(10,11)15-17(12,13)14/h3-8H2,1-2H3,(H,10,11)(H2,12,13,14). The molecule has 0 rings (SSSR count). The molecule has 0 heterocycles. The van der Waals surface area contributed by atoms with Gasteiger partial charge in [0.25, 0.3) is 0 Å². The molecule has 0 aromatic heterocycles. The van der Waals surface area contributed by atoms with Gasteiger partial charge in [-0.15, -0.1) is 0 Å². The molecule has 0 aliphatic carbocycles. The fraction of sp³-hybridized carbons (Fsp3) is 1.00. The highest BCUT2D eigenvalue weighted by atomic mass is 31.3. The van der Waals surface area contributed by atoms with Crippen LogP contribution in [0.1, 0.15) is 39.5 Å². The average Bonchev–Trinajstić information content (AvgIpc) is 2.13. The summed E-state index contributed by atoms with van der Waals surface area (Å²) in [7, 11) is -9.37. The maximum atomic E-state index is 11.7. The fourth-order valence-corrected chi connectivity index (χ4v) is 3.55. The van der Waals surface area contributed by atoms with E-state index in [-0.39, 0.29) is 13.1 Å². The molecule has 1 unspecified atom stereocenters. The third-order valence-electron chi connectivity index (χ3n) is 2.11. The number of nitrogens with zero attached hydrogens (tertiary/aromatic N) is 1. The van der Waals surface area contributed by atoms with Crippen LogP contribution >= 0.6 is 15.6 Å². The van der Waals surface area contributed by atoms with Gasteiger partial charge in [0.1, 0.15) is 0 Å². The number of hydrogen-bond acceptors (Lipinski definition) is 3. The quantitative estimate of drug-likeness (QED) is 0.558. The average molecular weight is 289 g/mol. The molecule has 0 aromatic rings. The maximum absolute atomic E-state index is 11.7. The van der Waals surface area contributed by atoms with Gasteiger partial charge in [-0.05, 0) is 12.8 Å². The Labute approximate surface area is 102 Å². The first-order valence-electron chi connectivity index (χ1n) is 5.58. The molecular weight excluding hydrogens is 268 g/mol. The van der Waals surface area contributed by atoms with Crippen LogP contribution in [0.3, 0.4) is 0 Å². The summed E-state index contributed by atoms with van der Waals surface area (Å²) in [5, 5.41) is 0. The lowest BCUT2D eigenvalue weighted by Crippen LogP contribution is -2.23. The monoisotopic (exact) mass is 289 g/mol. The van der Waals surface area contributed by atoms with Crippen molar-refractivity contribution in [1.29, 1.82) is 0 Å². The SMILES string of the molecule is CCCCN(CCCC)P(=O)(O)OP(=O)(O)O. The van der Waals surface area contributed by atoms with Crippen molar-refractivity contribution in [2.24, 2.45) is 0 Å². The normalized spacial score (nSPS) is 16.1. The second kappa shape index (κ2) is 7.64. The molecule has 0 bridgehead atoms. The zero-order valence-corrected chi connectivity index (χ0v) is 11.9. The van der Waals surface area contributed by atoms with Gasteiger partial charge >= 0.3 is 15.6 Å². The molecule has 0 amide bonds. The van der Waals surface area contributed by atoms with Gasteiger partial charge in [-0.3, -0.25) is 0 Å². The lowest BCUT2D eigenvalue weighted by Gasteiger charge is -2.26. The summed E-state index contributed by atoms with van der Waals surface area (Å²) in [6.07, 6.45) is 2.97. The predicted molar refractivity (Wildman–Crippen MR) is 64.3 cm³/mol. The molecule has 0 aliphatic rings. The number of phosphoric acid groups is 1. The Balaban J connectivity index is 4.62. The van der Waals surface area contributed by atoms with Crippen molar-refractivity contribution in [2.75, 3.05) is 13.1 Å². The molecule has 17 heavy (non-hydrogen) atoms. The number of rotatable bonds is 9. The van der Waals surface area contributed by atoms with Crippen LogP contribution in [0.15, 0.2) is 0 Å². The topological polar surface area (TPSA) is 107 Å². The largest absolute Gasteiger partial charge is 0.477 e. The van der Waals surface area contributed by atoms with Crippen molar-refractivity contribution >= 4 is 15.6 Å². The molecular formula is C8H21NO6P2. The molecule has 0 saturated carbocycles. The van der Waals surface area contributed by atoms with Gasteiger partial charge in [0.2, 0.25) is 0 Å². The van der Waals surface area contributed by atoms with E-state index in [0.29, 0.717) is 12.8 Å². The van der Waals surface area contributed by atoms with E-state index in [4.69, 9.17) is 9.79 Å². The summed E-state index contributed by atoms with van der Waals surface area (Å²) in [4.78, 5) is 26.7. The molecule has 104 valence electrons. The van der Waals surface area contributed by atoms with Gasteiger partial charge < -0.3 is 14.7 Å². The molecule has 1 atom stereocenters. The molecule has 7 nitrogen and oxygen atoms in total. The van der Waals surface area contributed by atoms with Crippen molar-refractivity contribution in [3.63, 3.8) is 0 Å². The summed E-state index contributed by atoms with van der Waals surface area (Å²) in [6.45, 7) is 4.41. The number of unbranched alkanes of at least 4 members (excludes halogenated alkanes) is 2. The molecule has 3 N–H and O–H groups in total. The number of hydrogen-bond donors (Lipinski definition) is 3. The van der Waals surface area contributed by atoms with Crippen LogP contribution < -0.4 is 0 Å². The Hall–Kier alpha value is 0.260. The zero-order valence-electron chi connectivity index (χ0n) is 10.2. The third kappa shape index (κ3) is 8.06. The van der Waals surface area contributed by atoms with Crippen LogP contribution in [0.25, 0.3) is 0 Å². The zero-order chi connectivity index (χ0) is 13.5. The van der Waals surface area contributed by atoms with E-state index in [1.807, 2.05) is 13.8 Å². The fourth-order valence-electron chi connectivity index (χ4n) is 1.24. The van der Waals surface area contributed by atoms with E-state index in [1.54, 1.807) is 0 Å². The Bertz CT molecular complexity index is 296. The van der Waals surface area contributed by atoms with Crippen LogP contribution in [0.4, 0.5) is 0 Å². The molecule has 0 aromatic carbocycles. The van der Waals surface area contributed by atoms with Crippen LogP contribution in [-0.4, -0.2) is 32.4 Å². The lowest BCUT2D eigenvalue weighted by molar-refractivity contribution is 0.223. The van der Waals surface area contributed by atoms with E-state index in [1.165, 1.54) is 0 Å². The summed E-state index contributed by atoms with van der Waals surface area (Å²) in [6, 6.07) is 0. The van der Waals surface area contributed by atoms with Gasteiger partial charge in [-0.25, -0.2) is 13.8 Å². The highest BCUT2D eigenvalue weighted by Gasteiger charge is 2.36. The first-order valence-corrected chi connectivity index (χ1v) is 8.64. The van der Waals surface area contributed by atoms with Gasteiger partial charge in [-0.1, -0.05) is 26.7 Å². The van der Waals surface area contributed by atoms with Crippen molar-refractivity contribution in [2.45, 2.75) is 39.5 Å². The van der Waals surface area contributed by atoms with Crippen LogP contribution in [-0.2, 0) is 13.4 Å². The van der Waals surface area contributed by atoms with Gasteiger partial charge in [-0.2, -0.15) is 4.31 Å². The second-order valence-electron chi connectivity index (χ2n) is 3.72. The van der Waals surface area contributed by atoms with E-state index >= 15 is 0 Å². The summed E-state index contributed by atoms with van der Waals surface area (Å²) >= 11 is 0. The van der Waals surface area contributed by atoms with Gasteiger partial charge in [0.15, 0.2) is 0 Å². The van der Waals surface area contributed by atoms with Crippen molar-refractivity contribution in [3.8, 4) is 0 Å². The van der Waals surface area contributed by atoms with E-state index < -0.39 is 15.6 Å². The van der Waals surface area contributed by atoms with Gasteiger partial charge in [0.05, 0.1) is 0 Å². The van der Waals surface area contributed by atoms with E-state index in [2.05, 4.69) is 4.31 Å². The minimum absolute atomic E-state index is 0.282. The van der Waals surface area contributed by atoms with Crippen LogP contribution in [0.2, 0.25) is 0 Å². The van der Waals surface area contributed by atoms with Crippen molar-refractivity contribution in [3.05, 3.63) is 0 Å². The Kier molecular flexibility index (Phi) is 7.76. The molecule has 9 heteroatoms. The minimum atomic E-state index is -4.96. The first-order chi connectivity index (χ1) is 7.73. The van der Waals surface area contributed by atoms with Crippen molar-refractivity contribution < 1.29 is 28.1 Å². The minimum Gasteiger partial charge on any atom is -0.312 e. The van der Waals surface area contributed by atoms with Crippen LogP contribution in [0, 0.1) is 0 Å². The molecule has 0 saturated heterocycles. The van der Waals surface area contributed by atoms with Crippen molar-refractivity contribution in [1.82, 2.24) is 4.67 Å². The highest BCUT2D eigenvalue weighted by Crippen LogP contribution is 2.59. The van der Waals surface area contributed by atoms with E-state index in [9.17, 15) is 14.0 Å². The van der Waals surface area contributed by atoms with Crippen LogP contribution in [0.5, 0.6) is 0 Å². The van der Waals surface area contributed by atoms with E-state index in [0.717, 1.165) is 17.5 Å². The summed E-state index contributed by atoms with van der Waals surface area (Å²) in [5.41, 5.74) is 0. The second-order valence-corrected chi connectivity index (χ2v) is 6.90. The smallest absolute Gasteiger partial charge is 0.312 e. The predicted octanol–water partition coefficient (Wildman–Crippen LogP) is 2.10. The Morgan fingerprint density at radius 2 is 1.41 bits per heavy atom. The Morgan fingerprint density at radius 1 is 1.00 bits per heavy atom. The molecule has 0 fully saturated rings. The molecule has 0 radical (unpaired) electrons. The van der Waals surface area contributed by atoms with Gasteiger partial charge in [0, 0.05) is 13.1 Å². The lowest BCUT2D eigenvalue weighted by atomic mass is 10.3. The molecule has 0 spiro atoms. The maximum Gasteiger partial charge on any atom is 0.477 e. The highest BCUT2D eigenvalue weighted by molar-refractivity contribution is 7.62.